The summed E-state index contributed by atoms with van der Waals surface area (Å²) in [5, 5.41) is 2.05. The zero-order valence-electron chi connectivity index (χ0n) is 11.9. The van der Waals surface area contributed by atoms with Gasteiger partial charge in [0.2, 0.25) is 5.91 Å². The number of nitrogens with zero attached hydrogens (tertiary/aromatic N) is 1. The maximum absolute atomic E-state index is 12.0. The zero-order valence-corrected chi connectivity index (χ0v) is 14.3. The Bertz CT molecular complexity index is 406. The molecule has 0 aromatic carbocycles. The van der Waals surface area contributed by atoms with Crippen LogP contribution < -0.4 is 5.73 Å². The summed E-state index contributed by atoms with van der Waals surface area (Å²) in [6.07, 6.45) is 2.25. The van der Waals surface area contributed by atoms with Gasteiger partial charge in [-0.2, -0.15) is 0 Å². The summed E-state index contributed by atoms with van der Waals surface area (Å²) < 4.78 is 1.09. The molecule has 1 amide bonds. The standard InChI is InChI=1S/C14H23BrN2OS/c1-10(2)13(16)6-7-17(3)14(18)5-4-12-8-11(15)9-19-12/h8-10,13H,4-7,16H2,1-3H3. The molecule has 1 unspecified atom stereocenters. The Morgan fingerprint density at radius 1 is 1.53 bits per heavy atom. The number of carbonyl (C=O) groups is 1. The van der Waals surface area contributed by atoms with Crippen LogP contribution in [0.2, 0.25) is 0 Å². The van der Waals surface area contributed by atoms with Crippen molar-refractivity contribution in [3.8, 4) is 0 Å². The normalized spacial score (nSPS) is 12.7. The molecular weight excluding hydrogens is 324 g/mol. The Balaban J connectivity index is 2.28. The van der Waals surface area contributed by atoms with Crippen LogP contribution >= 0.6 is 27.3 Å². The molecule has 1 aromatic rings. The minimum absolute atomic E-state index is 0.170. The molecule has 0 spiro atoms. The molecule has 5 heteroatoms. The third-order valence-electron chi connectivity index (χ3n) is 3.29. The van der Waals surface area contributed by atoms with Crippen LogP contribution in [0.15, 0.2) is 15.9 Å². The second kappa shape index (κ2) is 8.02. The summed E-state index contributed by atoms with van der Waals surface area (Å²) in [6, 6.07) is 2.25. The molecule has 1 aromatic heterocycles. The zero-order chi connectivity index (χ0) is 14.4. The van der Waals surface area contributed by atoms with Gasteiger partial charge in [-0.1, -0.05) is 13.8 Å². The van der Waals surface area contributed by atoms with E-state index in [0.717, 1.165) is 23.9 Å². The summed E-state index contributed by atoms with van der Waals surface area (Å²) in [5.41, 5.74) is 5.99. The van der Waals surface area contributed by atoms with Gasteiger partial charge < -0.3 is 10.6 Å². The molecular formula is C14H23BrN2OS. The van der Waals surface area contributed by atoms with Crippen LogP contribution in [0, 0.1) is 5.92 Å². The number of amides is 1. The van der Waals surface area contributed by atoms with Gasteiger partial charge in [-0.05, 0) is 40.8 Å². The molecule has 0 fully saturated rings. The Kier molecular flexibility index (Phi) is 7.04. The van der Waals surface area contributed by atoms with Crippen LogP contribution in [-0.2, 0) is 11.2 Å². The minimum Gasteiger partial charge on any atom is -0.346 e. The molecule has 3 nitrogen and oxygen atoms in total. The second-order valence-corrected chi connectivity index (χ2v) is 7.15. The molecule has 108 valence electrons. The SMILES string of the molecule is CC(C)C(N)CCN(C)C(=O)CCc1cc(Br)cs1. The van der Waals surface area contributed by atoms with E-state index in [1.807, 2.05) is 12.4 Å². The van der Waals surface area contributed by atoms with Gasteiger partial charge >= 0.3 is 0 Å². The largest absolute Gasteiger partial charge is 0.346 e. The Hall–Kier alpha value is -0.390. The first-order valence-corrected chi connectivity index (χ1v) is 8.30. The molecule has 0 aliphatic rings. The van der Waals surface area contributed by atoms with Crippen LogP contribution in [0.5, 0.6) is 0 Å². The monoisotopic (exact) mass is 346 g/mol. The van der Waals surface area contributed by atoms with Gasteiger partial charge in [0.25, 0.3) is 0 Å². The molecule has 1 rings (SSSR count). The van der Waals surface area contributed by atoms with Gasteiger partial charge in [-0.3, -0.25) is 4.79 Å². The summed E-state index contributed by atoms with van der Waals surface area (Å²) in [7, 11) is 1.86. The third-order valence-corrected chi connectivity index (χ3v) is 5.04. The molecule has 1 atom stereocenters. The highest BCUT2D eigenvalue weighted by atomic mass is 79.9. The lowest BCUT2D eigenvalue weighted by molar-refractivity contribution is -0.129. The van der Waals surface area contributed by atoms with Crippen LogP contribution in [0.1, 0.15) is 31.6 Å². The summed E-state index contributed by atoms with van der Waals surface area (Å²) in [6.45, 7) is 4.97. The van der Waals surface area contributed by atoms with Gasteiger partial charge in [0.05, 0.1) is 0 Å². The molecule has 0 aliphatic carbocycles. The number of hydrogen-bond donors (Lipinski definition) is 1. The molecule has 0 radical (unpaired) electrons. The molecule has 0 aliphatic heterocycles. The van der Waals surface area contributed by atoms with E-state index in [9.17, 15) is 4.79 Å². The van der Waals surface area contributed by atoms with Gasteiger partial charge in [-0.25, -0.2) is 0 Å². The highest BCUT2D eigenvalue weighted by Gasteiger charge is 2.13. The Labute approximate surface area is 128 Å². The lowest BCUT2D eigenvalue weighted by Gasteiger charge is -2.21. The van der Waals surface area contributed by atoms with Gasteiger partial charge in [0, 0.05) is 40.8 Å². The van der Waals surface area contributed by atoms with Crippen molar-refractivity contribution in [1.82, 2.24) is 4.90 Å². The highest BCUT2D eigenvalue weighted by molar-refractivity contribution is 9.10. The minimum atomic E-state index is 0.170. The predicted molar refractivity (Wildman–Crippen MR) is 85.4 cm³/mol. The van der Waals surface area contributed by atoms with E-state index in [-0.39, 0.29) is 11.9 Å². The maximum Gasteiger partial charge on any atom is 0.222 e. The molecule has 0 bridgehead atoms. The van der Waals surface area contributed by atoms with Crippen molar-refractivity contribution in [1.29, 1.82) is 0 Å². The first kappa shape index (κ1) is 16.7. The summed E-state index contributed by atoms with van der Waals surface area (Å²) in [4.78, 5) is 15.0. The van der Waals surface area contributed by atoms with E-state index in [4.69, 9.17) is 5.73 Å². The van der Waals surface area contributed by atoms with E-state index >= 15 is 0 Å². The van der Waals surface area contributed by atoms with Gasteiger partial charge in [-0.15, -0.1) is 11.3 Å². The van der Waals surface area contributed by atoms with Crippen LogP contribution in [0.3, 0.4) is 0 Å². The first-order valence-electron chi connectivity index (χ1n) is 6.62. The van der Waals surface area contributed by atoms with Crippen LogP contribution in [0.4, 0.5) is 0 Å². The molecule has 19 heavy (non-hydrogen) atoms. The molecule has 1 heterocycles. The Morgan fingerprint density at radius 3 is 2.74 bits per heavy atom. The Morgan fingerprint density at radius 2 is 2.21 bits per heavy atom. The van der Waals surface area contributed by atoms with E-state index in [1.165, 1.54) is 4.88 Å². The number of nitrogens with two attached hydrogens (primary N) is 1. The van der Waals surface area contributed by atoms with E-state index < -0.39 is 0 Å². The van der Waals surface area contributed by atoms with Crippen molar-refractivity contribution < 1.29 is 4.79 Å². The summed E-state index contributed by atoms with van der Waals surface area (Å²) >= 11 is 5.11. The maximum atomic E-state index is 12.0. The fraction of sp³-hybridized carbons (Fsp3) is 0.643. The molecule has 0 saturated carbocycles. The van der Waals surface area contributed by atoms with Crippen molar-refractivity contribution in [3.63, 3.8) is 0 Å². The molecule has 2 N–H and O–H groups in total. The number of hydrogen-bond acceptors (Lipinski definition) is 3. The first-order chi connectivity index (χ1) is 8.90. The van der Waals surface area contributed by atoms with Crippen molar-refractivity contribution in [2.45, 2.75) is 39.2 Å². The van der Waals surface area contributed by atoms with E-state index in [1.54, 1.807) is 16.2 Å². The number of aryl methyl sites for hydroxylation is 1. The van der Waals surface area contributed by atoms with Crippen molar-refractivity contribution in [3.05, 3.63) is 20.8 Å². The van der Waals surface area contributed by atoms with Crippen molar-refractivity contribution >= 4 is 33.2 Å². The highest BCUT2D eigenvalue weighted by Crippen LogP contribution is 2.21. The fourth-order valence-electron chi connectivity index (χ4n) is 1.71. The number of thiophene rings is 1. The smallest absolute Gasteiger partial charge is 0.222 e. The quantitative estimate of drug-likeness (QED) is 0.823. The topological polar surface area (TPSA) is 46.3 Å². The van der Waals surface area contributed by atoms with Gasteiger partial charge in [0.15, 0.2) is 0 Å². The van der Waals surface area contributed by atoms with Crippen molar-refractivity contribution in [2.24, 2.45) is 11.7 Å². The molecule has 0 saturated heterocycles. The lowest BCUT2D eigenvalue weighted by Crippen LogP contribution is -2.34. The van der Waals surface area contributed by atoms with Crippen molar-refractivity contribution in [2.75, 3.05) is 13.6 Å². The van der Waals surface area contributed by atoms with Crippen LogP contribution in [-0.4, -0.2) is 30.4 Å². The number of halogens is 1. The number of rotatable bonds is 7. The predicted octanol–water partition coefficient (Wildman–Crippen LogP) is 3.28. The summed E-state index contributed by atoms with van der Waals surface area (Å²) in [5.74, 6) is 0.660. The van der Waals surface area contributed by atoms with E-state index in [0.29, 0.717) is 12.3 Å². The number of carbonyl (C=O) groups excluding carboxylic acids is 1. The fourth-order valence-corrected chi connectivity index (χ4v) is 3.16. The second-order valence-electron chi connectivity index (χ2n) is 5.24. The average Bonchev–Trinajstić information content (AvgIpc) is 2.78. The van der Waals surface area contributed by atoms with Gasteiger partial charge in [0.1, 0.15) is 0 Å². The third kappa shape index (κ3) is 6.06. The lowest BCUT2D eigenvalue weighted by atomic mass is 10.0. The van der Waals surface area contributed by atoms with Crippen LogP contribution in [0.25, 0.3) is 0 Å². The van der Waals surface area contributed by atoms with E-state index in [2.05, 4.69) is 35.8 Å². The average molecular weight is 347 g/mol.